The predicted octanol–water partition coefficient (Wildman–Crippen LogP) is 2.62. The Labute approximate surface area is 93.0 Å². The number of rotatable bonds is 5. The summed E-state index contributed by atoms with van der Waals surface area (Å²) >= 11 is 0. The van der Waals surface area contributed by atoms with Crippen molar-refractivity contribution in [1.82, 2.24) is 4.90 Å². The van der Waals surface area contributed by atoms with E-state index < -0.39 is 0 Å². The Kier molecular flexibility index (Phi) is 3.79. The molecule has 86 valence electrons. The van der Waals surface area contributed by atoms with E-state index in [1.807, 2.05) is 0 Å². The van der Waals surface area contributed by atoms with E-state index in [9.17, 15) is 4.79 Å². The highest BCUT2D eigenvalue weighted by atomic mass is 16.1. The van der Waals surface area contributed by atoms with Crippen LogP contribution in [0.4, 0.5) is 0 Å². The first-order valence-electron chi connectivity index (χ1n) is 6.58. The molecule has 2 aliphatic carbocycles. The van der Waals surface area contributed by atoms with Crippen molar-refractivity contribution >= 4 is 5.78 Å². The topological polar surface area (TPSA) is 20.3 Å². The summed E-state index contributed by atoms with van der Waals surface area (Å²) in [5.41, 5.74) is 0. The summed E-state index contributed by atoms with van der Waals surface area (Å²) in [6.45, 7) is 3.95. The molecule has 0 saturated heterocycles. The molecular formula is C13H23NO. The van der Waals surface area contributed by atoms with Crippen LogP contribution in [0.1, 0.15) is 51.9 Å². The standard InChI is InChI=1S/C13H23NO/c1-2-14(12-8-9-12)10-13(15)11-6-4-3-5-7-11/h11-12H,2-10H2,1H3. The van der Waals surface area contributed by atoms with Crippen molar-refractivity contribution in [3.05, 3.63) is 0 Å². The quantitative estimate of drug-likeness (QED) is 0.693. The number of carbonyl (C=O) groups is 1. The van der Waals surface area contributed by atoms with Crippen molar-refractivity contribution in [2.45, 2.75) is 57.9 Å². The van der Waals surface area contributed by atoms with E-state index in [1.54, 1.807) is 0 Å². The van der Waals surface area contributed by atoms with Gasteiger partial charge in [0, 0.05) is 12.0 Å². The fourth-order valence-electron chi connectivity index (χ4n) is 2.69. The fraction of sp³-hybridized carbons (Fsp3) is 0.923. The maximum Gasteiger partial charge on any atom is 0.149 e. The maximum absolute atomic E-state index is 12.1. The van der Waals surface area contributed by atoms with E-state index in [0.29, 0.717) is 11.7 Å². The van der Waals surface area contributed by atoms with Crippen molar-refractivity contribution in [2.75, 3.05) is 13.1 Å². The van der Waals surface area contributed by atoms with Crippen molar-refractivity contribution in [3.8, 4) is 0 Å². The third-order valence-corrected chi connectivity index (χ3v) is 3.89. The molecular weight excluding hydrogens is 186 g/mol. The van der Waals surface area contributed by atoms with E-state index in [0.717, 1.165) is 32.0 Å². The zero-order valence-corrected chi connectivity index (χ0v) is 9.87. The Morgan fingerprint density at radius 3 is 2.33 bits per heavy atom. The first-order valence-corrected chi connectivity index (χ1v) is 6.58. The summed E-state index contributed by atoms with van der Waals surface area (Å²) in [7, 11) is 0. The Balaban J connectivity index is 1.78. The van der Waals surface area contributed by atoms with Gasteiger partial charge in [0.2, 0.25) is 0 Å². The average molecular weight is 209 g/mol. The lowest BCUT2D eigenvalue weighted by Crippen LogP contribution is -2.35. The normalized spacial score (nSPS) is 23.3. The van der Waals surface area contributed by atoms with Gasteiger partial charge in [-0.2, -0.15) is 0 Å². The number of ketones is 1. The van der Waals surface area contributed by atoms with Gasteiger partial charge in [-0.05, 0) is 32.2 Å². The molecule has 2 rings (SSSR count). The number of carbonyl (C=O) groups excluding carboxylic acids is 1. The van der Waals surface area contributed by atoms with Gasteiger partial charge in [0.15, 0.2) is 0 Å². The molecule has 0 radical (unpaired) electrons. The number of hydrogen-bond acceptors (Lipinski definition) is 2. The van der Waals surface area contributed by atoms with Crippen LogP contribution in [0.15, 0.2) is 0 Å². The van der Waals surface area contributed by atoms with E-state index in [2.05, 4.69) is 11.8 Å². The summed E-state index contributed by atoms with van der Waals surface area (Å²) in [5, 5.41) is 0. The van der Waals surface area contributed by atoms with Crippen LogP contribution in [0, 0.1) is 5.92 Å². The average Bonchev–Trinajstić information content (AvgIpc) is 3.10. The molecule has 0 aliphatic heterocycles. The lowest BCUT2D eigenvalue weighted by molar-refractivity contribution is -0.125. The molecule has 0 aromatic carbocycles. The molecule has 0 bridgehead atoms. The van der Waals surface area contributed by atoms with Gasteiger partial charge in [-0.3, -0.25) is 9.69 Å². The first-order chi connectivity index (χ1) is 7.31. The molecule has 0 amide bonds. The molecule has 0 spiro atoms. The van der Waals surface area contributed by atoms with Crippen LogP contribution in [0.25, 0.3) is 0 Å². The van der Waals surface area contributed by atoms with Crippen LogP contribution < -0.4 is 0 Å². The zero-order chi connectivity index (χ0) is 10.7. The Hall–Kier alpha value is -0.370. The van der Waals surface area contributed by atoms with Crippen LogP contribution in [-0.2, 0) is 4.79 Å². The van der Waals surface area contributed by atoms with Gasteiger partial charge in [0.05, 0.1) is 6.54 Å². The Bertz CT molecular complexity index is 217. The van der Waals surface area contributed by atoms with Crippen LogP contribution >= 0.6 is 0 Å². The van der Waals surface area contributed by atoms with E-state index in [-0.39, 0.29) is 0 Å². The fourth-order valence-corrected chi connectivity index (χ4v) is 2.69. The number of Topliss-reactive ketones (excluding diaryl/α,β-unsaturated/α-hetero) is 1. The van der Waals surface area contributed by atoms with Crippen molar-refractivity contribution in [3.63, 3.8) is 0 Å². The molecule has 2 heteroatoms. The third kappa shape index (κ3) is 3.04. The van der Waals surface area contributed by atoms with Gasteiger partial charge in [0.25, 0.3) is 0 Å². The predicted molar refractivity (Wildman–Crippen MR) is 61.9 cm³/mol. The van der Waals surface area contributed by atoms with Crippen LogP contribution in [0.3, 0.4) is 0 Å². The van der Waals surface area contributed by atoms with Crippen LogP contribution in [0.5, 0.6) is 0 Å². The second-order valence-corrected chi connectivity index (χ2v) is 5.10. The largest absolute Gasteiger partial charge is 0.298 e. The summed E-state index contributed by atoms with van der Waals surface area (Å²) in [6, 6.07) is 0.738. The smallest absolute Gasteiger partial charge is 0.149 e. The number of nitrogens with zero attached hydrogens (tertiary/aromatic N) is 1. The highest BCUT2D eigenvalue weighted by Crippen LogP contribution is 2.28. The van der Waals surface area contributed by atoms with Crippen LogP contribution in [0.2, 0.25) is 0 Å². The minimum atomic E-state index is 0.395. The van der Waals surface area contributed by atoms with Gasteiger partial charge in [-0.1, -0.05) is 26.2 Å². The van der Waals surface area contributed by atoms with Crippen molar-refractivity contribution in [2.24, 2.45) is 5.92 Å². The van der Waals surface area contributed by atoms with Gasteiger partial charge in [-0.15, -0.1) is 0 Å². The summed E-state index contributed by atoms with van der Waals surface area (Å²) < 4.78 is 0. The molecule has 0 unspecified atom stereocenters. The zero-order valence-electron chi connectivity index (χ0n) is 9.87. The monoisotopic (exact) mass is 209 g/mol. The molecule has 2 saturated carbocycles. The summed E-state index contributed by atoms with van der Waals surface area (Å²) in [4.78, 5) is 14.4. The second-order valence-electron chi connectivity index (χ2n) is 5.10. The molecule has 0 aromatic rings. The lowest BCUT2D eigenvalue weighted by atomic mass is 9.86. The molecule has 2 nitrogen and oxygen atoms in total. The molecule has 0 atom stereocenters. The molecule has 0 N–H and O–H groups in total. The molecule has 2 aliphatic rings. The SMILES string of the molecule is CCN(CC(=O)C1CCCCC1)C1CC1. The third-order valence-electron chi connectivity index (χ3n) is 3.89. The van der Waals surface area contributed by atoms with E-state index in [1.165, 1.54) is 32.1 Å². The molecule has 15 heavy (non-hydrogen) atoms. The van der Waals surface area contributed by atoms with E-state index in [4.69, 9.17) is 0 Å². The number of likely N-dealkylation sites (N-methyl/N-ethyl adjacent to an activating group) is 1. The highest BCUT2D eigenvalue weighted by Gasteiger charge is 2.31. The van der Waals surface area contributed by atoms with Crippen LogP contribution in [-0.4, -0.2) is 29.8 Å². The summed E-state index contributed by atoms with van der Waals surface area (Å²) in [6.07, 6.45) is 8.81. The Morgan fingerprint density at radius 1 is 1.13 bits per heavy atom. The lowest BCUT2D eigenvalue weighted by Gasteiger charge is -2.25. The molecule has 0 heterocycles. The minimum absolute atomic E-state index is 0.395. The Morgan fingerprint density at radius 2 is 1.80 bits per heavy atom. The van der Waals surface area contributed by atoms with Gasteiger partial charge < -0.3 is 0 Å². The maximum atomic E-state index is 12.1. The number of hydrogen-bond donors (Lipinski definition) is 0. The molecule has 0 aromatic heterocycles. The van der Waals surface area contributed by atoms with E-state index >= 15 is 0 Å². The summed E-state index contributed by atoms with van der Waals surface area (Å²) in [5.74, 6) is 0.912. The highest BCUT2D eigenvalue weighted by molar-refractivity contribution is 5.83. The molecule has 2 fully saturated rings. The van der Waals surface area contributed by atoms with Gasteiger partial charge in [0.1, 0.15) is 5.78 Å². The van der Waals surface area contributed by atoms with Gasteiger partial charge >= 0.3 is 0 Å². The van der Waals surface area contributed by atoms with Crippen molar-refractivity contribution < 1.29 is 4.79 Å². The second kappa shape index (κ2) is 5.11. The first kappa shape index (κ1) is 11.1. The van der Waals surface area contributed by atoms with Crippen molar-refractivity contribution in [1.29, 1.82) is 0 Å². The minimum Gasteiger partial charge on any atom is -0.298 e. The van der Waals surface area contributed by atoms with Gasteiger partial charge in [-0.25, -0.2) is 0 Å².